The van der Waals surface area contributed by atoms with Crippen LogP contribution in [0.3, 0.4) is 0 Å². The van der Waals surface area contributed by atoms with Crippen molar-refractivity contribution in [1.29, 1.82) is 0 Å². The van der Waals surface area contributed by atoms with Gasteiger partial charge in [0.15, 0.2) is 12.2 Å². The molecular formula is C51H52N6O9. The Bertz CT molecular complexity index is 2510. The maximum atomic E-state index is 13.3. The number of rotatable bonds is 15. The number of carbonyl (C=O) groups is 3. The summed E-state index contributed by atoms with van der Waals surface area (Å²) in [6, 6.07) is 40.6. The first-order chi connectivity index (χ1) is 32.2. The number of aliphatic imine (C=N–C) groups is 2. The van der Waals surface area contributed by atoms with E-state index in [1.54, 1.807) is 26.2 Å². The van der Waals surface area contributed by atoms with Crippen LogP contribution in [0.5, 0.6) is 11.5 Å². The van der Waals surface area contributed by atoms with Gasteiger partial charge in [0, 0.05) is 32.4 Å². The summed E-state index contributed by atoms with van der Waals surface area (Å²) in [4.78, 5) is 51.6. The van der Waals surface area contributed by atoms with E-state index in [1.165, 1.54) is 11.2 Å². The fourth-order valence-corrected chi connectivity index (χ4v) is 9.26. The van der Waals surface area contributed by atoms with Crippen LogP contribution in [0.25, 0.3) is 11.1 Å². The van der Waals surface area contributed by atoms with Gasteiger partial charge in [0.25, 0.3) is 5.91 Å². The van der Waals surface area contributed by atoms with Crippen LogP contribution < -0.4 is 20.1 Å². The summed E-state index contributed by atoms with van der Waals surface area (Å²) in [6.07, 6.45) is -1.63. The van der Waals surface area contributed by atoms with Gasteiger partial charge in [-0.05, 0) is 69.6 Å². The van der Waals surface area contributed by atoms with E-state index in [9.17, 15) is 19.5 Å². The van der Waals surface area contributed by atoms with E-state index in [0.717, 1.165) is 38.9 Å². The Morgan fingerprint density at radius 1 is 0.833 bits per heavy atom. The predicted molar refractivity (Wildman–Crippen MR) is 246 cm³/mol. The van der Waals surface area contributed by atoms with E-state index < -0.39 is 48.2 Å². The molecule has 3 heterocycles. The third-order valence-corrected chi connectivity index (χ3v) is 12.7. The van der Waals surface area contributed by atoms with Crippen molar-refractivity contribution in [2.24, 2.45) is 9.98 Å². The van der Waals surface area contributed by atoms with Gasteiger partial charge in [-0.2, -0.15) is 0 Å². The molecule has 15 heteroatoms. The highest BCUT2D eigenvalue weighted by Gasteiger charge is 2.48. The summed E-state index contributed by atoms with van der Waals surface area (Å²) < 4.78 is 30.2. The van der Waals surface area contributed by atoms with Crippen molar-refractivity contribution < 1.29 is 43.2 Å². The highest BCUT2D eigenvalue weighted by Crippen LogP contribution is 2.45. The molecule has 9 rings (SSSR count). The lowest BCUT2D eigenvalue weighted by atomic mass is 9.80. The van der Waals surface area contributed by atoms with Gasteiger partial charge in [-0.3, -0.25) is 25.2 Å². The molecular weight excluding hydrogens is 841 g/mol. The molecule has 1 aliphatic carbocycles. The molecule has 0 spiro atoms. The normalized spacial score (nSPS) is 20.7. The van der Waals surface area contributed by atoms with E-state index in [-0.39, 0.29) is 50.4 Å². The number of aliphatic hydroxyl groups is 1. The number of benzene rings is 5. The third kappa shape index (κ3) is 8.72. The molecule has 5 atom stereocenters. The van der Waals surface area contributed by atoms with Gasteiger partial charge in [0.05, 0.1) is 33.3 Å². The van der Waals surface area contributed by atoms with Gasteiger partial charge in [-0.15, -0.1) is 0 Å². The number of carbonyl (C=O) groups excluding carboxylic acids is 3. The molecule has 3 amide bonds. The van der Waals surface area contributed by atoms with Crippen LogP contribution in [0, 0.1) is 0 Å². The number of hydrogen-bond donors (Lipinski definition) is 3. The second-order valence-corrected chi connectivity index (χ2v) is 16.7. The third-order valence-electron chi connectivity index (χ3n) is 12.7. The van der Waals surface area contributed by atoms with Crippen molar-refractivity contribution in [3.63, 3.8) is 0 Å². The van der Waals surface area contributed by atoms with Crippen LogP contribution in [-0.4, -0.2) is 117 Å². The number of aliphatic hydroxyl groups excluding tert-OH is 1. The number of hydrogen-bond acceptors (Lipinski definition) is 12. The summed E-state index contributed by atoms with van der Waals surface area (Å²) in [5.41, 5.74) is 5.94. The lowest BCUT2D eigenvalue weighted by molar-refractivity contribution is -0.124. The summed E-state index contributed by atoms with van der Waals surface area (Å²) in [5.74, 6) is 0.475. The van der Waals surface area contributed by atoms with Gasteiger partial charge >= 0.3 is 6.09 Å². The zero-order valence-electron chi connectivity index (χ0n) is 36.9. The second-order valence-electron chi connectivity index (χ2n) is 16.7. The van der Waals surface area contributed by atoms with Gasteiger partial charge in [-0.1, -0.05) is 103 Å². The summed E-state index contributed by atoms with van der Waals surface area (Å²) in [6.45, 7) is 0.461. The second kappa shape index (κ2) is 19.2. The molecule has 5 aromatic carbocycles. The molecule has 66 heavy (non-hydrogen) atoms. The largest absolute Gasteiger partial charge is 0.497 e. The Morgan fingerprint density at radius 2 is 1.42 bits per heavy atom. The zero-order chi connectivity index (χ0) is 45.8. The van der Waals surface area contributed by atoms with Crippen molar-refractivity contribution in [3.05, 3.63) is 155 Å². The van der Waals surface area contributed by atoms with Gasteiger partial charge in [-0.25, -0.2) is 9.79 Å². The fourth-order valence-electron chi connectivity index (χ4n) is 9.26. The van der Waals surface area contributed by atoms with Crippen LogP contribution in [0.1, 0.15) is 53.0 Å². The highest BCUT2D eigenvalue weighted by atomic mass is 16.6. The lowest BCUT2D eigenvalue weighted by Gasteiger charge is -2.37. The van der Waals surface area contributed by atoms with Crippen LogP contribution in [0.4, 0.5) is 4.79 Å². The average Bonchev–Trinajstić information content (AvgIpc) is 4.04. The molecule has 5 aromatic rings. The zero-order valence-corrected chi connectivity index (χ0v) is 36.9. The van der Waals surface area contributed by atoms with Crippen molar-refractivity contribution >= 4 is 30.2 Å². The van der Waals surface area contributed by atoms with E-state index in [2.05, 4.69) is 44.9 Å². The first-order valence-electron chi connectivity index (χ1n) is 22.0. The Kier molecular flexibility index (Phi) is 12.8. The number of ether oxygens (including phenoxy) is 5. The summed E-state index contributed by atoms with van der Waals surface area (Å²) in [7, 11) is 4.87. The first-order valence-corrected chi connectivity index (χ1v) is 22.0. The molecule has 340 valence electrons. The Hall–Kier alpha value is -7.07. The quantitative estimate of drug-likeness (QED) is 0.109. The molecule has 1 saturated heterocycles. The molecule has 0 saturated carbocycles. The van der Waals surface area contributed by atoms with Crippen LogP contribution in [0.15, 0.2) is 137 Å². The molecule has 3 aliphatic heterocycles. The van der Waals surface area contributed by atoms with Crippen molar-refractivity contribution in [3.8, 4) is 22.6 Å². The predicted octanol–water partition coefficient (Wildman–Crippen LogP) is 5.79. The van der Waals surface area contributed by atoms with Crippen LogP contribution in [-0.2, 0) is 29.4 Å². The number of nitrogens with zero attached hydrogens (tertiary/aromatic N) is 4. The van der Waals surface area contributed by atoms with Crippen molar-refractivity contribution in [2.75, 3.05) is 41.0 Å². The average molecular weight is 893 g/mol. The smallest absolute Gasteiger partial charge is 0.409 e. The highest BCUT2D eigenvalue weighted by molar-refractivity contribution is 6.08. The molecule has 0 aromatic heterocycles. The molecule has 15 nitrogen and oxygen atoms in total. The number of fused-ring (bicyclic) bond motifs is 4. The van der Waals surface area contributed by atoms with Gasteiger partial charge in [0.1, 0.15) is 36.0 Å². The minimum absolute atomic E-state index is 0.00869. The lowest BCUT2D eigenvalue weighted by Crippen LogP contribution is -2.57. The van der Waals surface area contributed by atoms with Crippen molar-refractivity contribution in [1.82, 2.24) is 20.4 Å². The Morgan fingerprint density at radius 3 is 2.05 bits per heavy atom. The van der Waals surface area contributed by atoms with E-state index in [1.807, 2.05) is 103 Å². The summed E-state index contributed by atoms with van der Waals surface area (Å²) >= 11 is 0. The van der Waals surface area contributed by atoms with Gasteiger partial charge < -0.3 is 38.6 Å². The number of amides is 3. The van der Waals surface area contributed by atoms with E-state index >= 15 is 0 Å². The van der Waals surface area contributed by atoms with Crippen LogP contribution >= 0.6 is 0 Å². The minimum Gasteiger partial charge on any atom is -0.497 e. The van der Waals surface area contributed by atoms with E-state index in [0.29, 0.717) is 17.9 Å². The minimum atomic E-state index is -1.13. The molecule has 3 unspecified atom stereocenters. The number of nitrogens with one attached hydrogen (secondary N) is 2. The SMILES string of the molecule is COc1ccc(C(OC[C@H]2O[C@@H](N3C=NC4C(=O)NC(NC(=O)CCCN(C)C(=O)OCC5c6ccccc6-c6ccccc65)=NC43)CC2O)(c2ccccc2)c2ccc(OC)cc2)cc1. The number of guanidine groups is 1. The van der Waals surface area contributed by atoms with Crippen molar-refractivity contribution in [2.45, 2.75) is 61.4 Å². The maximum absolute atomic E-state index is 13.3. The monoisotopic (exact) mass is 892 g/mol. The standard InChI is InChI=1S/C51H52N6O9/c1-56(50(61)64-29-41-39-16-9-7-14-37(39)38-15-8-10-17-40(38)41)27-11-18-44(59)53-49-54-47-46(48(60)55-49)52-31-57(47)45-28-42(58)43(66-45)30-65-51(32-12-5-4-6-13-32,33-19-23-35(62-2)24-20-33)34-21-25-36(63-3)26-22-34/h4-10,12-17,19-26,31,41-43,45-47,58H,11,18,27-30H2,1-3H3,(H2,53,54,55,59,60)/t42?,43-,45-,46?,47?/m1/s1. The first kappa shape index (κ1) is 44.1. The fraction of sp³-hybridized carbons (Fsp3) is 0.314. The Balaban J connectivity index is 0.817. The van der Waals surface area contributed by atoms with Crippen LogP contribution in [0.2, 0.25) is 0 Å². The maximum Gasteiger partial charge on any atom is 0.409 e. The number of methoxy groups -OCH3 is 2. The molecule has 4 aliphatic rings. The Labute approximate surface area is 383 Å². The van der Waals surface area contributed by atoms with E-state index in [4.69, 9.17) is 23.7 Å². The van der Waals surface area contributed by atoms with Gasteiger partial charge in [0.2, 0.25) is 11.9 Å². The molecule has 3 N–H and O–H groups in total. The summed E-state index contributed by atoms with van der Waals surface area (Å²) in [5, 5.41) is 16.8. The molecule has 0 bridgehead atoms. The topological polar surface area (TPSA) is 173 Å². The molecule has 0 radical (unpaired) electrons. The molecule has 1 fully saturated rings.